The van der Waals surface area contributed by atoms with Crippen molar-refractivity contribution in [3.05, 3.63) is 65.3 Å². The van der Waals surface area contributed by atoms with Crippen molar-refractivity contribution in [1.29, 1.82) is 0 Å². The summed E-state index contributed by atoms with van der Waals surface area (Å²) >= 11 is 0. The van der Waals surface area contributed by atoms with Crippen LogP contribution in [0.2, 0.25) is 0 Å². The molecule has 1 aliphatic rings. The second-order valence-electron chi connectivity index (χ2n) is 5.33. The van der Waals surface area contributed by atoms with E-state index in [4.69, 9.17) is 0 Å². The minimum Gasteiger partial charge on any atom is -0.242 e. The van der Waals surface area contributed by atoms with Crippen LogP contribution in [0.5, 0.6) is 0 Å². The van der Waals surface area contributed by atoms with E-state index >= 15 is 0 Å². The van der Waals surface area contributed by atoms with Gasteiger partial charge in [0, 0.05) is 11.5 Å². The first-order chi connectivity index (χ1) is 9.38. The summed E-state index contributed by atoms with van der Waals surface area (Å²) in [5, 5.41) is 0. The Kier molecular flexibility index (Phi) is 4.17. The van der Waals surface area contributed by atoms with Crippen LogP contribution in [0.25, 0.3) is 5.57 Å². The van der Waals surface area contributed by atoms with Gasteiger partial charge >= 0.3 is 0 Å². The number of allylic oxidation sites excluding steroid dienone is 5. The maximum Gasteiger partial charge on any atom is 0.131 e. The Hall–Kier alpha value is -1.77. The highest BCUT2D eigenvalue weighted by atomic mass is 19.1. The molecule has 20 heavy (non-hydrogen) atoms. The summed E-state index contributed by atoms with van der Waals surface area (Å²) in [7, 11) is 0. The molecule has 0 saturated heterocycles. The minimum atomic E-state index is -1.43. The fourth-order valence-corrected chi connectivity index (χ4v) is 2.21. The summed E-state index contributed by atoms with van der Waals surface area (Å²) in [5.41, 5.74) is 2.20. The van der Waals surface area contributed by atoms with Crippen molar-refractivity contribution in [2.24, 2.45) is 5.92 Å². The number of halogens is 3. The highest BCUT2D eigenvalue weighted by Gasteiger charge is 2.25. The van der Waals surface area contributed by atoms with E-state index in [2.05, 4.69) is 6.58 Å². The van der Waals surface area contributed by atoms with Crippen LogP contribution in [0.1, 0.15) is 25.0 Å². The van der Waals surface area contributed by atoms with Gasteiger partial charge in [-0.25, -0.2) is 13.2 Å². The van der Waals surface area contributed by atoms with Crippen molar-refractivity contribution in [3.63, 3.8) is 0 Å². The van der Waals surface area contributed by atoms with Gasteiger partial charge in [0.05, 0.1) is 0 Å². The number of rotatable bonds is 3. The maximum atomic E-state index is 14.1. The quantitative estimate of drug-likeness (QED) is 0.669. The van der Waals surface area contributed by atoms with Gasteiger partial charge in [-0.1, -0.05) is 31.2 Å². The Morgan fingerprint density at radius 3 is 2.55 bits per heavy atom. The molecule has 2 unspecified atom stereocenters. The van der Waals surface area contributed by atoms with E-state index in [9.17, 15) is 13.2 Å². The lowest BCUT2D eigenvalue weighted by molar-refractivity contribution is 0.292. The van der Waals surface area contributed by atoms with Gasteiger partial charge < -0.3 is 0 Å². The van der Waals surface area contributed by atoms with E-state index in [-0.39, 0.29) is 11.1 Å². The fraction of sp³-hybridized carbons (Fsp3) is 0.294. The van der Waals surface area contributed by atoms with Gasteiger partial charge in [0.25, 0.3) is 0 Å². The SMILES string of the molecule is C=C(C)Cc1ccc(C2=CC(F)C(C)C(F)=C2)c(F)c1. The summed E-state index contributed by atoms with van der Waals surface area (Å²) in [4.78, 5) is 0. The molecule has 1 aliphatic carbocycles. The first kappa shape index (κ1) is 14.6. The third-order valence-electron chi connectivity index (χ3n) is 3.40. The molecule has 0 aliphatic heterocycles. The molecule has 0 nitrogen and oxygen atoms in total. The van der Waals surface area contributed by atoms with E-state index in [1.54, 1.807) is 12.1 Å². The Bertz CT molecular complexity index is 596. The molecule has 0 bridgehead atoms. The van der Waals surface area contributed by atoms with Crippen molar-refractivity contribution >= 4 is 5.57 Å². The zero-order chi connectivity index (χ0) is 14.9. The topological polar surface area (TPSA) is 0 Å². The lowest BCUT2D eigenvalue weighted by atomic mass is 9.91. The Morgan fingerprint density at radius 2 is 2.00 bits per heavy atom. The number of hydrogen-bond acceptors (Lipinski definition) is 0. The predicted octanol–water partition coefficient (Wildman–Crippen LogP) is 5.17. The first-order valence-corrected chi connectivity index (χ1v) is 6.54. The van der Waals surface area contributed by atoms with Crippen LogP contribution in [0.15, 0.2) is 48.3 Å². The molecule has 0 saturated carbocycles. The van der Waals surface area contributed by atoms with Crippen LogP contribution in [0.3, 0.4) is 0 Å². The van der Waals surface area contributed by atoms with Crippen molar-refractivity contribution in [3.8, 4) is 0 Å². The van der Waals surface area contributed by atoms with E-state index in [0.29, 0.717) is 6.42 Å². The standard InChI is InChI=1S/C17H17F3/c1-10(2)6-12-4-5-14(17(20)7-12)13-8-15(18)11(3)16(19)9-13/h4-5,7-9,11,15H,1,6H2,2-3H3. The van der Waals surface area contributed by atoms with Crippen LogP contribution in [-0.2, 0) is 6.42 Å². The van der Waals surface area contributed by atoms with E-state index in [1.165, 1.54) is 25.1 Å². The summed E-state index contributed by atoms with van der Waals surface area (Å²) in [5.74, 6) is -1.83. The van der Waals surface area contributed by atoms with E-state index < -0.39 is 23.7 Å². The molecule has 2 atom stereocenters. The molecule has 0 aromatic heterocycles. The summed E-state index contributed by atoms with van der Waals surface area (Å²) in [6.45, 7) is 7.11. The second-order valence-corrected chi connectivity index (χ2v) is 5.33. The number of hydrogen-bond donors (Lipinski definition) is 0. The molecule has 0 spiro atoms. The van der Waals surface area contributed by atoms with Gasteiger partial charge in [-0.05, 0) is 42.7 Å². The molecule has 0 radical (unpaired) electrons. The predicted molar refractivity (Wildman–Crippen MR) is 76.1 cm³/mol. The first-order valence-electron chi connectivity index (χ1n) is 6.54. The van der Waals surface area contributed by atoms with Gasteiger partial charge in [0.2, 0.25) is 0 Å². The van der Waals surface area contributed by atoms with Gasteiger partial charge in [0.1, 0.15) is 17.8 Å². The van der Waals surface area contributed by atoms with E-state index in [1.807, 2.05) is 6.92 Å². The minimum absolute atomic E-state index is 0.222. The van der Waals surface area contributed by atoms with Crippen LogP contribution < -0.4 is 0 Å². The van der Waals surface area contributed by atoms with Crippen molar-refractivity contribution in [1.82, 2.24) is 0 Å². The number of benzene rings is 1. The molecule has 0 N–H and O–H groups in total. The van der Waals surface area contributed by atoms with Crippen molar-refractivity contribution in [2.75, 3.05) is 0 Å². The molecule has 3 heteroatoms. The van der Waals surface area contributed by atoms with Crippen LogP contribution in [-0.4, -0.2) is 6.17 Å². The molecular weight excluding hydrogens is 261 g/mol. The molecule has 106 valence electrons. The maximum absolute atomic E-state index is 14.1. The molecule has 1 aromatic rings. The highest BCUT2D eigenvalue weighted by Crippen LogP contribution is 2.33. The van der Waals surface area contributed by atoms with Crippen LogP contribution in [0, 0.1) is 11.7 Å². The smallest absolute Gasteiger partial charge is 0.131 e. The van der Waals surface area contributed by atoms with Gasteiger partial charge in [-0.2, -0.15) is 0 Å². The molecule has 1 aromatic carbocycles. The van der Waals surface area contributed by atoms with Crippen molar-refractivity contribution in [2.45, 2.75) is 26.4 Å². The lowest BCUT2D eigenvalue weighted by Gasteiger charge is -2.19. The highest BCUT2D eigenvalue weighted by molar-refractivity contribution is 5.76. The molecule has 0 amide bonds. The van der Waals surface area contributed by atoms with Gasteiger partial charge in [-0.15, -0.1) is 0 Å². The summed E-state index contributed by atoms with van der Waals surface area (Å²) < 4.78 is 41.3. The molecule has 0 fully saturated rings. The monoisotopic (exact) mass is 278 g/mol. The van der Waals surface area contributed by atoms with E-state index in [0.717, 1.165) is 11.1 Å². The summed E-state index contributed by atoms with van der Waals surface area (Å²) in [6.07, 6.45) is 1.63. The molecule has 0 heterocycles. The Balaban J connectivity index is 2.35. The zero-order valence-corrected chi connectivity index (χ0v) is 11.6. The molecule has 2 rings (SSSR count). The lowest BCUT2D eigenvalue weighted by Crippen LogP contribution is -2.15. The van der Waals surface area contributed by atoms with Gasteiger partial charge in [0.15, 0.2) is 0 Å². The second kappa shape index (κ2) is 5.70. The number of alkyl halides is 1. The van der Waals surface area contributed by atoms with Crippen LogP contribution >= 0.6 is 0 Å². The fourth-order valence-electron chi connectivity index (χ4n) is 2.21. The Morgan fingerprint density at radius 1 is 1.30 bits per heavy atom. The summed E-state index contributed by atoms with van der Waals surface area (Å²) in [6, 6.07) is 4.71. The zero-order valence-electron chi connectivity index (χ0n) is 11.6. The average molecular weight is 278 g/mol. The van der Waals surface area contributed by atoms with Crippen LogP contribution in [0.4, 0.5) is 13.2 Å². The Labute approximate surface area is 117 Å². The van der Waals surface area contributed by atoms with Crippen molar-refractivity contribution < 1.29 is 13.2 Å². The van der Waals surface area contributed by atoms with Gasteiger partial charge in [-0.3, -0.25) is 0 Å². The normalized spacial score (nSPS) is 22.2. The average Bonchev–Trinajstić information content (AvgIpc) is 2.34. The largest absolute Gasteiger partial charge is 0.242 e. The molecular formula is C17H17F3. The third kappa shape index (κ3) is 3.03. The third-order valence-corrected chi connectivity index (χ3v) is 3.40.